The molecule has 0 fully saturated rings. The second-order valence-electron chi connectivity index (χ2n) is 5.46. The number of carbonyl (C=O) groups excluding carboxylic acids is 1. The van der Waals surface area contributed by atoms with E-state index in [0.29, 0.717) is 23.2 Å². The molecule has 0 amide bonds. The highest BCUT2D eigenvalue weighted by atomic mass is 19.1. The quantitative estimate of drug-likeness (QED) is 0.852. The Labute approximate surface area is 132 Å². The summed E-state index contributed by atoms with van der Waals surface area (Å²) in [4.78, 5) is 26.9. The van der Waals surface area contributed by atoms with Gasteiger partial charge in [0.05, 0.1) is 7.11 Å². The number of carbonyl (C=O) groups is 1. The van der Waals surface area contributed by atoms with Crippen LogP contribution in [0.3, 0.4) is 0 Å². The van der Waals surface area contributed by atoms with Crippen LogP contribution < -0.4 is 10.9 Å². The van der Waals surface area contributed by atoms with Gasteiger partial charge >= 0.3 is 5.97 Å². The van der Waals surface area contributed by atoms with E-state index in [1.54, 1.807) is 18.2 Å². The predicted octanol–water partition coefficient (Wildman–Crippen LogP) is 2.18. The number of pyridine rings is 1. The van der Waals surface area contributed by atoms with Gasteiger partial charge in [-0.05, 0) is 29.7 Å². The maximum atomic E-state index is 14.0. The van der Waals surface area contributed by atoms with Crippen molar-refractivity contribution < 1.29 is 13.9 Å². The van der Waals surface area contributed by atoms with Crippen molar-refractivity contribution in [3.63, 3.8) is 0 Å². The maximum Gasteiger partial charge on any atom is 0.329 e. The molecule has 1 aliphatic rings. The Balaban J connectivity index is 2.20. The molecule has 3 rings (SSSR count). The summed E-state index contributed by atoms with van der Waals surface area (Å²) in [6.45, 7) is 1.86. The predicted molar refractivity (Wildman–Crippen MR) is 84.1 cm³/mol. The number of hydrogen-bond acceptors (Lipinski definition) is 4. The van der Waals surface area contributed by atoms with Gasteiger partial charge in [0.15, 0.2) is 0 Å². The van der Waals surface area contributed by atoms with Crippen molar-refractivity contribution in [1.29, 1.82) is 0 Å². The number of fused-ring (bicyclic) bond motifs is 1. The molecule has 0 spiro atoms. The molecule has 0 bridgehead atoms. The Morgan fingerprint density at radius 2 is 2.13 bits per heavy atom. The first kappa shape index (κ1) is 15.3. The second-order valence-corrected chi connectivity index (χ2v) is 5.46. The van der Waals surface area contributed by atoms with Crippen molar-refractivity contribution in [2.24, 2.45) is 0 Å². The Hall–Kier alpha value is -2.63. The standard InChI is InChI=1S/C17H17FN2O3/c1-3-9-7-11-13(8-12(9)18)20-15(17(22)23-2)14(11)10-5-4-6-19-16(10)21/h4-8,14-15,20H,3H2,1-2H3,(H,19,21). The summed E-state index contributed by atoms with van der Waals surface area (Å²) >= 11 is 0. The van der Waals surface area contributed by atoms with Gasteiger partial charge < -0.3 is 15.0 Å². The molecule has 2 N–H and O–H groups in total. The molecule has 2 aromatic rings. The largest absolute Gasteiger partial charge is 0.467 e. The molecule has 1 aliphatic heterocycles. The number of hydrogen-bond donors (Lipinski definition) is 2. The van der Waals surface area contributed by atoms with Crippen LogP contribution in [0.2, 0.25) is 0 Å². The molecule has 0 saturated heterocycles. The highest BCUT2D eigenvalue weighted by Crippen LogP contribution is 2.41. The van der Waals surface area contributed by atoms with Crippen LogP contribution in [0.1, 0.15) is 29.5 Å². The van der Waals surface area contributed by atoms with E-state index in [1.807, 2.05) is 6.92 Å². The van der Waals surface area contributed by atoms with Gasteiger partial charge in [0.1, 0.15) is 11.9 Å². The summed E-state index contributed by atoms with van der Waals surface area (Å²) in [6.07, 6.45) is 2.06. The number of benzene rings is 1. The van der Waals surface area contributed by atoms with Crippen molar-refractivity contribution in [1.82, 2.24) is 4.98 Å². The number of anilines is 1. The van der Waals surface area contributed by atoms with Crippen LogP contribution in [-0.2, 0) is 16.0 Å². The van der Waals surface area contributed by atoms with Crippen LogP contribution in [0.5, 0.6) is 0 Å². The normalized spacial score (nSPS) is 19.1. The summed E-state index contributed by atoms with van der Waals surface area (Å²) in [5.74, 6) is -1.34. The van der Waals surface area contributed by atoms with Gasteiger partial charge in [0.2, 0.25) is 0 Å². The molecule has 23 heavy (non-hydrogen) atoms. The number of aryl methyl sites for hydroxylation is 1. The molecular weight excluding hydrogens is 299 g/mol. The molecule has 2 atom stereocenters. The van der Waals surface area contributed by atoms with Gasteiger partial charge in [-0.25, -0.2) is 9.18 Å². The minimum absolute atomic E-state index is 0.275. The van der Waals surface area contributed by atoms with Crippen LogP contribution >= 0.6 is 0 Å². The molecule has 0 radical (unpaired) electrons. The lowest BCUT2D eigenvalue weighted by atomic mass is 9.87. The number of rotatable bonds is 3. The van der Waals surface area contributed by atoms with Crippen molar-refractivity contribution in [3.8, 4) is 0 Å². The van der Waals surface area contributed by atoms with E-state index >= 15 is 0 Å². The van der Waals surface area contributed by atoms with Gasteiger partial charge in [-0.1, -0.05) is 19.1 Å². The van der Waals surface area contributed by atoms with Gasteiger partial charge in [0, 0.05) is 23.4 Å². The molecule has 5 nitrogen and oxygen atoms in total. The molecule has 0 saturated carbocycles. The van der Waals surface area contributed by atoms with E-state index in [9.17, 15) is 14.0 Å². The minimum atomic E-state index is -0.759. The first-order valence-electron chi connectivity index (χ1n) is 7.41. The zero-order valence-corrected chi connectivity index (χ0v) is 12.9. The number of halogens is 1. The van der Waals surface area contributed by atoms with Crippen LogP contribution in [-0.4, -0.2) is 24.1 Å². The molecule has 0 aliphatic carbocycles. The highest BCUT2D eigenvalue weighted by molar-refractivity contribution is 5.85. The number of esters is 1. The van der Waals surface area contributed by atoms with Gasteiger partial charge in [-0.15, -0.1) is 0 Å². The second kappa shape index (κ2) is 5.87. The van der Waals surface area contributed by atoms with E-state index in [2.05, 4.69) is 10.3 Å². The molecule has 120 valence electrons. The zero-order valence-electron chi connectivity index (χ0n) is 12.9. The fraction of sp³-hybridized carbons (Fsp3) is 0.294. The van der Waals surface area contributed by atoms with Crippen molar-refractivity contribution in [2.45, 2.75) is 25.3 Å². The molecule has 6 heteroatoms. The third kappa shape index (κ3) is 2.50. The van der Waals surface area contributed by atoms with Gasteiger partial charge in [0.25, 0.3) is 5.56 Å². The topological polar surface area (TPSA) is 71.2 Å². The Bertz CT molecular complexity index is 816. The fourth-order valence-corrected chi connectivity index (χ4v) is 3.07. The molecular formula is C17H17FN2O3. The lowest BCUT2D eigenvalue weighted by Crippen LogP contribution is -2.34. The summed E-state index contributed by atoms with van der Waals surface area (Å²) in [5.41, 5.74) is 1.97. The summed E-state index contributed by atoms with van der Waals surface area (Å²) in [6, 6.07) is 5.71. The zero-order chi connectivity index (χ0) is 16.6. The first-order valence-corrected chi connectivity index (χ1v) is 7.41. The van der Waals surface area contributed by atoms with Crippen molar-refractivity contribution in [2.75, 3.05) is 12.4 Å². The van der Waals surface area contributed by atoms with Gasteiger partial charge in [-0.3, -0.25) is 4.79 Å². The molecule has 2 heterocycles. The fourth-order valence-electron chi connectivity index (χ4n) is 3.07. The lowest BCUT2D eigenvalue weighted by Gasteiger charge is -2.18. The number of nitrogens with one attached hydrogen (secondary N) is 2. The van der Waals surface area contributed by atoms with Crippen LogP contribution in [0.4, 0.5) is 10.1 Å². The van der Waals surface area contributed by atoms with Crippen molar-refractivity contribution >= 4 is 11.7 Å². The maximum absolute atomic E-state index is 14.0. The van der Waals surface area contributed by atoms with E-state index in [-0.39, 0.29) is 11.4 Å². The average molecular weight is 316 g/mol. The monoisotopic (exact) mass is 316 g/mol. The third-order valence-electron chi connectivity index (χ3n) is 4.22. The Morgan fingerprint density at radius 3 is 2.78 bits per heavy atom. The minimum Gasteiger partial charge on any atom is -0.467 e. The smallest absolute Gasteiger partial charge is 0.329 e. The van der Waals surface area contributed by atoms with Crippen LogP contribution in [0.15, 0.2) is 35.3 Å². The number of ether oxygens (including phenoxy) is 1. The van der Waals surface area contributed by atoms with Crippen LogP contribution in [0, 0.1) is 5.82 Å². The van der Waals surface area contributed by atoms with E-state index in [0.717, 1.165) is 5.56 Å². The van der Waals surface area contributed by atoms with Crippen LogP contribution in [0.25, 0.3) is 0 Å². The molecule has 1 aromatic carbocycles. The lowest BCUT2D eigenvalue weighted by molar-refractivity contribution is -0.141. The first-order chi connectivity index (χ1) is 11.1. The molecule has 1 aromatic heterocycles. The average Bonchev–Trinajstić information content (AvgIpc) is 2.91. The third-order valence-corrected chi connectivity index (χ3v) is 4.22. The summed E-state index contributed by atoms with van der Waals surface area (Å²) in [5, 5.41) is 2.99. The number of methoxy groups -OCH3 is 1. The van der Waals surface area contributed by atoms with E-state index in [4.69, 9.17) is 4.74 Å². The van der Waals surface area contributed by atoms with Crippen molar-refractivity contribution in [3.05, 3.63) is 63.3 Å². The van der Waals surface area contributed by atoms with E-state index in [1.165, 1.54) is 19.4 Å². The number of H-pyrrole nitrogens is 1. The summed E-state index contributed by atoms with van der Waals surface area (Å²) < 4.78 is 18.9. The number of aromatic nitrogens is 1. The van der Waals surface area contributed by atoms with E-state index < -0.39 is 17.9 Å². The van der Waals surface area contributed by atoms with Gasteiger partial charge in [-0.2, -0.15) is 0 Å². The number of aromatic amines is 1. The Kier molecular flexibility index (Phi) is 3.90. The highest BCUT2D eigenvalue weighted by Gasteiger charge is 2.40. The summed E-state index contributed by atoms with van der Waals surface area (Å²) in [7, 11) is 1.29. The Morgan fingerprint density at radius 1 is 1.35 bits per heavy atom. The SMILES string of the molecule is CCc1cc2c(cc1F)NC(C(=O)OC)C2c1ccc[nH]c1=O. The molecule has 2 unspecified atom stereocenters.